The third-order valence-electron chi connectivity index (χ3n) is 4.38. The highest BCUT2D eigenvalue weighted by Gasteiger charge is 2.30. The molecule has 0 spiro atoms. The summed E-state index contributed by atoms with van der Waals surface area (Å²) in [4.78, 5) is 0. The molecule has 0 radical (unpaired) electrons. The molecule has 0 aliphatic heterocycles. The van der Waals surface area contributed by atoms with Crippen molar-refractivity contribution in [2.45, 2.75) is 39.7 Å². The van der Waals surface area contributed by atoms with Gasteiger partial charge in [-0.1, -0.05) is 45.0 Å². The van der Waals surface area contributed by atoms with Crippen molar-refractivity contribution in [1.29, 1.82) is 0 Å². The number of nitrogens with one attached hydrogen (secondary N) is 1. The van der Waals surface area contributed by atoms with Gasteiger partial charge in [-0.05, 0) is 35.3 Å². The Hall–Kier alpha value is -0.910. The molecule has 0 saturated carbocycles. The summed E-state index contributed by atoms with van der Waals surface area (Å²) in [6, 6.07) is 8.66. The Morgan fingerprint density at radius 1 is 1.33 bits per heavy atom. The first-order valence-corrected chi connectivity index (χ1v) is 9.04. The standard InChI is InChI=1S/C16H25NO3S/c1-16(2,3)13(11-21(18,19)20)10-17-15-9-8-12-6-4-5-7-14(12)15/h4-7,13,15,17H,8-11H2,1-3H3,(H,18,19,20)/t13?,15-/m1/s1. The van der Waals surface area contributed by atoms with Gasteiger partial charge in [-0.2, -0.15) is 8.42 Å². The maximum atomic E-state index is 11.2. The molecular formula is C16H25NO3S. The summed E-state index contributed by atoms with van der Waals surface area (Å²) in [6.45, 7) is 6.61. The molecule has 4 nitrogen and oxygen atoms in total. The van der Waals surface area contributed by atoms with E-state index in [-0.39, 0.29) is 23.1 Å². The molecule has 1 unspecified atom stereocenters. The van der Waals surface area contributed by atoms with Crippen molar-refractivity contribution in [3.63, 3.8) is 0 Å². The highest BCUT2D eigenvalue weighted by molar-refractivity contribution is 7.85. The van der Waals surface area contributed by atoms with E-state index >= 15 is 0 Å². The average molecular weight is 311 g/mol. The molecule has 21 heavy (non-hydrogen) atoms. The predicted molar refractivity (Wildman–Crippen MR) is 84.9 cm³/mol. The molecule has 2 rings (SSSR count). The van der Waals surface area contributed by atoms with Crippen LogP contribution in [0.25, 0.3) is 0 Å². The number of rotatable bonds is 5. The second-order valence-corrected chi connectivity index (χ2v) is 8.51. The van der Waals surface area contributed by atoms with Crippen LogP contribution in [0, 0.1) is 11.3 Å². The van der Waals surface area contributed by atoms with Crippen LogP contribution in [-0.4, -0.2) is 25.3 Å². The van der Waals surface area contributed by atoms with Crippen molar-refractivity contribution in [1.82, 2.24) is 5.32 Å². The van der Waals surface area contributed by atoms with Crippen LogP contribution >= 0.6 is 0 Å². The molecule has 0 heterocycles. The van der Waals surface area contributed by atoms with Crippen molar-refractivity contribution in [3.8, 4) is 0 Å². The third-order valence-corrected chi connectivity index (χ3v) is 5.20. The van der Waals surface area contributed by atoms with Gasteiger partial charge >= 0.3 is 0 Å². The molecule has 1 aromatic rings. The lowest BCUT2D eigenvalue weighted by Gasteiger charge is -2.31. The van der Waals surface area contributed by atoms with E-state index < -0.39 is 10.1 Å². The Balaban J connectivity index is 2.03. The van der Waals surface area contributed by atoms with Gasteiger partial charge in [0.15, 0.2) is 0 Å². The van der Waals surface area contributed by atoms with E-state index in [4.69, 9.17) is 4.55 Å². The minimum absolute atomic E-state index is 0.125. The molecule has 118 valence electrons. The van der Waals surface area contributed by atoms with E-state index in [1.54, 1.807) is 0 Å². The molecule has 1 aliphatic carbocycles. The van der Waals surface area contributed by atoms with Gasteiger partial charge in [0, 0.05) is 12.6 Å². The average Bonchev–Trinajstić information content (AvgIpc) is 2.75. The van der Waals surface area contributed by atoms with E-state index in [0.29, 0.717) is 6.54 Å². The molecule has 1 aliphatic rings. The predicted octanol–water partition coefficient (Wildman–Crippen LogP) is 2.81. The minimum Gasteiger partial charge on any atom is -0.310 e. The van der Waals surface area contributed by atoms with Gasteiger partial charge in [-0.25, -0.2) is 0 Å². The number of fused-ring (bicyclic) bond motifs is 1. The summed E-state index contributed by atoms with van der Waals surface area (Å²) in [5, 5.41) is 3.49. The quantitative estimate of drug-likeness (QED) is 0.821. The molecule has 2 N–H and O–H groups in total. The lowest BCUT2D eigenvalue weighted by atomic mass is 9.82. The lowest BCUT2D eigenvalue weighted by molar-refractivity contribution is 0.243. The summed E-state index contributed by atoms with van der Waals surface area (Å²) in [6.07, 6.45) is 2.11. The van der Waals surface area contributed by atoms with Crippen LogP contribution in [0.2, 0.25) is 0 Å². The van der Waals surface area contributed by atoms with E-state index in [1.165, 1.54) is 11.1 Å². The molecular weight excluding hydrogens is 286 g/mol. The fraction of sp³-hybridized carbons (Fsp3) is 0.625. The Labute approximate surface area is 127 Å². The zero-order chi connectivity index (χ0) is 15.7. The molecule has 1 aromatic carbocycles. The maximum absolute atomic E-state index is 11.2. The van der Waals surface area contributed by atoms with Crippen LogP contribution < -0.4 is 5.32 Å². The first-order valence-electron chi connectivity index (χ1n) is 7.43. The van der Waals surface area contributed by atoms with Crippen molar-refractivity contribution < 1.29 is 13.0 Å². The van der Waals surface area contributed by atoms with Gasteiger partial charge in [-0.3, -0.25) is 4.55 Å². The van der Waals surface area contributed by atoms with Gasteiger partial charge < -0.3 is 5.32 Å². The molecule has 0 amide bonds. The number of hydrogen-bond acceptors (Lipinski definition) is 3. The summed E-state index contributed by atoms with van der Waals surface area (Å²) in [7, 11) is -3.95. The molecule has 2 atom stereocenters. The van der Waals surface area contributed by atoms with Crippen LogP contribution in [0.1, 0.15) is 44.4 Å². The van der Waals surface area contributed by atoms with E-state index in [9.17, 15) is 8.42 Å². The maximum Gasteiger partial charge on any atom is 0.265 e. The van der Waals surface area contributed by atoms with E-state index in [2.05, 4.69) is 23.5 Å². The fourth-order valence-corrected chi connectivity index (χ4v) is 4.05. The molecule has 0 bridgehead atoms. The van der Waals surface area contributed by atoms with Crippen molar-refractivity contribution >= 4 is 10.1 Å². The minimum atomic E-state index is -3.95. The van der Waals surface area contributed by atoms with Crippen LogP contribution in [0.15, 0.2) is 24.3 Å². The monoisotopic (exact) mass is 311 g/mol. The van der Waals surface area contributed by atoms with Crippen LogP contribution in [0.5, 0.6) is 0 Å². The first kappa shape index (κ1) is 16.5. The molecule has 0 aromatic heterocycles. The summed E-state index contributed by atoms with van der Waals surface area (Å²) < 4.78 is 31.6. The fourth-order valence-electron chi connectivity index (χ4n) is 2.92. The van der Waals surface area contributed by atoms with Gasteiger partial charge in [-0.15, -0.1) is 0 Å². The van der Waals surface area contributed by atoms with E-state index in [0.717, 1.165) is 12.8 Å². The van der Waals surface area contributed by atoms with Crippen molar-refractivity contribution in [3.05, 3.63) is 35.4 Å². The normalized spacial score (nSPS) is 20.3. The first-order chi connectivity index (χ1) is 9.67. The largest absolute Gasteiger partial charge is 0.310 e. The Kier molecular flexibility index (Phi) is 4.76. The van der Waals surface area contributed by atoms with Crippen LogP contribution in [0.3, 0.4) is 0 Å². The van der Waals surface area contributed by atoms with Crippen molar-refractivity contribution in [2.75, 3.05) is 12.3 Å². The van der Waals surface area contributed by atoms with Crippen molar-refractivity contribution in [2.24, 2.45) is 11.3 Å². The van der Waals surface area contributed by atoms with Gasteiger partial charge in [0.2, 0.25) is 0 Å². The zero-order valence-electron chi connectivity index (χ0n) is 13.0. The molecule has 0 fully saturated rings. The second kappa shape index (κ2) is 6.07. The Morgan fingerprint density at radius 2 is 2.00 bits per heavy atom. The topological polar surface area (TPSA) is 66.4 Å². The number of aryl methyl sites for hydroxylation is 1. The highest BCUT2D eigenvalue weighted by atomic mass is 32.2. The van der Waals surface area contributed by atoms with Gasteiger partial charge in [0.1, 0.15) is 0 Å². The molecule has 5 heteroatoms. The number of benzene rings is 1. The SMILES string of the molecule is CC(C)(C)C(CN[C@@H]1CCc2ccccc21)CS(=O)(=O)O. The highest BCUT2D eigenvalue weighted by Crippen LogP contribution is 2.32. The summed E-state index contributed by atoms with van der Waals surface area (Å²) in [5.74, 6) is -0.321. The number of hydrogen-bond donors (Lipinski definition) is 2. The van der Waals surface area contributed by atoms with Gasteiger partial charge in [0.25, 0.3) is 10.1 Å². The second-order valence-electron chi connectivity index (χ2n) is 7.01. The zero-order valence-corrected chi connectivity index (χ0v) is 13.8. The third kappa shape index (κ3) is 4.53. The van der Waals surface area contributed by atoms with Crippen LogP contribution in [-0.2, 0) is 16.5 Å². The Bertz CT molecular complexity index is 590. The van der Waals surface area contributed by atoms with Gasteiger partial charge in [0.05, 0.1) is 5.75 Å². The Morgan fingerprint density at radius 3 is 2.62 bits per heavy atom. The van der Waals surface area contributed by atoms with Crippen LogP contribution in [0.4, 0.5) is 0 Å². The summed E-state index contributed by atoms with van der Waals surface area (Å²) >= 11 is 0. The smallest absolute Gasteiger partial charge is 0.265 e. The summed E-state index contributed by atoms with van der Waals surface area (Å²) in [5.41, 5.74) is 2.51. The van der Waals surface area contributed by atoms with E-state index in [1.807, 2.05) is 26.8 Å². The molecule has 0 saturated heterocycles. The lowest BCUT2D eigenvalue weighted by Crippen LogP contribution is -2.37.